The van der Waals surface area contributed by atoms with E-state index in [9.17, 15) is 19.1 Å². The number of β-amino-alcohol motifs (C(OH)–C–C–N with tert-alkyl or cyclic N) is 1. The van der Waals surface area contributed by atoms with Gasteiger partial charge in [-0.25, -0.2) is 4.39 Å². The fourth-order valence-electron chi connectivity index (χ4n) is 4.54. The van der Waals surface area contributed by atoms with E-state index in [1.165, 1.54) is 12.1 Å². The molecule has 1 N–H and O–H groups in total. The Morgan fingerprint density at radius 2 is 1.73 bits per heavy atom. The van der Waals surface area contributed by atoms with Gasteiger partial charge < -0.3 is 10.0 Å². The summed E-state index contributed by atoms with van der Waals surface area (Å²) in [6.45, 7) is 2.35. The molecule has 1 aromatic heterocycles. The molecule has 0 spiro atoms. The normalized spacial score (nSPS) is 23.3. The van der Waals surface area contributed by atoms with E-state index >= 15 is 0 Å². The number of Topliss-reactive ketones (excluding diaryl/α,β-unsaturated/α-hetero) is 1. The second kappa shape index (κ2) is 9.02. The Bertz CT molecular complexity index is 882. The van der Waals surface area contributed by atoms with E-state index in [1.54, 1.807) is 41.6 Å². The molecule has 30 heavy (non-hydrogen) atoms. The lowest BCUT2D eigenvalue weighted by Gasteiger charge is -2.44. The van der Waals surface area contributed by atoms with Crippen LogP contribution in [0.25, 0.3) is 0 Å². The molecule has 6 nitrogen and oxygen atoms in total. The average molecular weight is 411 g/mol. The summed E-state index contributed by atoms with van der Waals surface area (Å²) >= 11 is 0. The first-order valence-corrected chi connectivity index (χ1v) is 10.4. The van der Waals surface area contributed by atoms with E-state index in [1.807, 2.05) is 0 Å². The first kappa shape index (κ1) is 20.6. The van der Waals surface area contributed by atoms with Crippen molar-refractivity contribution in [3.63, 3.8) is 0 Å². The van der Waals surface area contributed by atoms with Crippen molar-refractivity contribution in [3.05, 3.63) is 65.7 Å². The standard InChI is InChI=1S/C23H26FN3O3/c24-19-5-3-16(4-6-19)22(29)17-7-11-26(12-8-17)20-9-13-27(15-21(20)28)23(30)18-2-1-10-25-14-18/h1-6,10,14,17,20-21,28H,7-9,11-13,15H2/t20-,21-/m0/s1. The summed E-state index contributed by atoms with van der Waals surface area (Å²) in [6, 6.07) is 9.18. The van der Waals surface area contributed by atoms with Crippen molar-refractivity contribution in [2.45, 2.75) is 31.4 Å². The summed E-state index contributed by atoms with van der Waals surface area (Å²) in [5.74, 6) is -0.462. The summed E-state index contributed by atoms with van der Waals surface area (Å²) in [5.41, 5.74) is 1.08. The number of carbonyl (C=O) groups is 2. The molecule has 2 aromatic rings. The van der Waals surface area contributed by atoms with E-state index in [0.29, 0.717) is 30.6 Å². The fraction of sp³-hybridized carbons (Fsp3) is 0.435. The Hall–Kier alpha value is -2.64. The van der Waals surface area contributed by atoms with E-state index in [4.69, 9.17) is 0 Å². The molecule has 7 heteroatoms. The van der Waals surface area contributed by atoms with Crippen LogP contribution in [0.5, 0.6) is 0 Å². The molecule has 2 atom stereocenters. The molecule has 2 aliphatic heterocycles. The van der Waals surface area contributed by atoms with Gasteiger partial charge in [-0.3, -0.25) is 19.5 Å². The summed E-state index contributed by atoms with van der Waals surface area (Å²) in [5, 5.41) is 10.7. The number of likely N-dealkylation sites (tertiary alicyclic amines) is 2. The van der Waals surface area contributed by atoms with Crippen LogP contribution in [0.15, 0.2) is 48.8 Å². The fourth-order valence-corrected chi connectivity index (χ4v) is 4.54. The highest BCUT2D eigenvalue weighted by molar-refractivity contribution is 5.97. The molecule has 1 amide bonds. The molecule has 4 rings (SSSR count). The average Bonchev–Trinajstić information content (AvgIpc) is 2.79. The first-order chi connectivity index (χ1) is 14.5. The Morgan fingerprint density at radius 1 is 1.00 bits per heavy atom. The zero-order valence-corrected chi connectivity index (χ0v) is 16.8. The van der Waals surface area contributed by atoms with Gasteiger partial charge in [0.1, 0.15) is 5.82 Å². The number of pyridine rings is 1. The summed E-state index contributed by atoms with van der Waals surface area (Å²) in [7, 11) is 0. The van der Waals surface area contributed by atoms with Gasteiger partial charge in [0.05, 0.1) is 11.7 Å². The Balaban J connectivity index is 1.31. The number of piperidine rings is 2. The van der Waals surface area contributed by atoms with Crippen molar-refractivity contribution in [2.24, 2.45) is 5.92 Å². The van der Waals surface area contributed by atoms with E-state index in [2.05, 4.69) is 9.88 Å². The highest BCUT2D eigenvalue weighted by atomic mass is 19.1. The van der Waals surface area contributed by atoms with Gasteiger partial charge in [-0.15, -0.1) is 0 Å². The third-order valence-electron chi connectivity index (χ3n) is 6.24. The molecule has 3 heterocycles. The predicted octanol–water partition coefficient (Wildman–Crippen LogP) is 2.39. The van der Waals surface area contributed by atoms with Crippen molar-refractivity contribution in [1.82, 2.24) is 14.8 Å². The lowest BCUT2D eigenvalue weighted by Crippen LogP contribution is -2.57. The maximum Gasteiger partial charge on any atom is 0.255 e. The predicted molar refractivity (Wildman–Crippen MR) is 110 cm³/mol. The third kappa shape index (κ3) is 4.42. The number of ketones is 1. The number of aliphatic hydroxyl groups excluding tert-OH is 1. The summed E-state index contributed by atoms with van der Waals surface area (Å²) < 4.78 is 13.1. The number of nitrogens with zero attached hydrogens (tertiary/aromatic N) is 3. The molecule has 0 radical (unpaired) electrons. The summed E-state index contributed by atoms with van der Waals surface area (Å²) in [4.78, 5) is 33.2. The number of halogens is 1. The zero-order valence-electron chi connectivity index (χ0n) is 16.8. The number of carbonyl (C=O) groups excluding carboxylic acids is 2. The third-order valence-corrected chi connectivity index (χ3v) is 6.24. The lowest BCUT2D eigenvalue weighted by atomic mass is 9.87. The van der Waals surface area contributed by atoms with Crippen LogP contribution in [0.1, 0.15) is 40.0 Å². The van der Waals surface area contributed by atoms with Gasteiger partial charge in [-0.2, -0.15) is 0 Å². The second-order valence-corrected chi connectivity index (χ2v) is 8.10. The van der Waals surface area contributed by atoms with Gasteiger partial charge in [0, 0.05) is 43.0 Å². The minimum Gasteiger partial charge on any atom is -0.390 e. The number of rotatable bonds is 4. The lowest BCUT2D eigenvalue weighted by molar-refractivity contribution is -0.0185. The van der Waals surface area contributed by atoms with Crippen LogP contribution in [0.4, 0.5) is 4.39 Å². The van der Waals surface area contributed by atoms with Gasteiger partial charge in [-0.1, -0.05) is 0 Å². The number of aromatic nitrogens is 1. The minimum atomic E-state index is -0.622. The van der Waals surface area contributed by atoms with Crippen LogP contribution >= 0.6 is 0 Å². The van der Waals surface area contributed by atoms with Gasteiger partial charge in [-0.05, 0) is 68.8 Å². The van der Waals surface area contributed by atoms with Crippen LogP contribution in [0.2, 0.25) is 0 Å². The number of aliphatic hydroxyl groups is 1. The van der Waals surface area contributed by atoms with Crippen LogP contribution in [-0.2, 0) is 0 Å². The molecule has 2 aliphatic rings. The van der Waals surface area contributed by atoms with E-state index in [-0.39, 0.29) is 29.5 Å². The highest BCUT2D eigenvalue weighted by Crippen LogP contribution is 2.27. The monoisotopic (exact) mass is 411 g/mol. The van der Waals surface area contributed by atoms with Gasteiger partial charge in [0.25, 0.3) is 5.91 Å². The molecule has 1 aromatic carbocycles. The molecule has 2 fully saturated rings. The van der Waals surface area contributed by atoms with Crippen molar-refractivity contribution < 1.29 is 19.1 Å². The molecule has 0 bridgehead atoms. The Kier molecular flexibility index (Phi) is 6.20. The number of benzene rings is 1. The minimum absolute atomic E-state index is 0.00942. The topological polar surface area (TPSA) is 73.7 Å². The van der Waals surface area contributed by atoms with Gasteiger partial charge in [0.2, 0.25) is 0 Å². The van der Waals surface area contributed by atoms with Gasteiger partial charge in [0.15, 0.2) is 5.78 Å². The Labute approximate surface area is 175 Å². The number of hydrogen-bond acceptors (Lipinski definition) is 5. The van der Waals surface area contributed by atoms with Gasteiger partial charge >= 0.3 is 0 Å². The summed E-state index contributed by atoms with van der Waals surface area (Å²) in [6.07, 6.45) is 4.69. The smallest absolute Gasteiger partial charge is 0.255 e. The SMILES string of the molecule is O=C(c1ccc(F)cc1)C1CCN([C@H]2CCN(C(=O)c3cccnc3)C[C@@H]2O)CC1. The quantitative estimate of drug-likeness (QED) is 0.782. The van der Waals surface area contributed by atoms with Crippen LogP contribution in [0, 0.1) is 11.7 Å². The van der Waals surface area contributed by atoms with Crippen molar-refractivity contribution in [1.29, 1.82) is 0 Å². The van der Waals surface area contributed by atoms with Crippen LogP contribution in [0.3, 0.4) is 0 Å². The zero-order chi connectivity index (χ0) is 21.1. The second-order valence-electron chi connectivity index (χ2n) is 8.10. The van der Waals surface area contributed by atoms with Crippen molar-refractivity contribution >= 4 is 11.7 Å². The molecule has 0 aliphatic carbocycles. The first-order valence-electron chi connectivity index (χ1n) is 10.4. The molecule has 0 unspecified atom stereocenters. The molecular weight excluding hydrogens is 385 g/mol. The van der Waals surface area contributed by atoms with E-state index in [0.717, 1.165) is 25.9 Å². The number of hydrogen-bond donors (Lipinski definition) is 1. The van der Waals surface area contributed by atoms with Crippen LogP contribution < -0.4 is 0 Å². The molecular formula is C23H26FN3O3. The maximum atomic E-state index is 13.1. The largest absolute Gasteiger partial charge is 0.390 e. The van der Waals surface area contributed by atoms with Crippen molar-refractivity contribution in [3.8, 4) is 0 Å². The van der Waals surface area contributed by atoms with Crippen molar-refractivity contribution in [2.75, 3.05) is 26.2 Å². The molecule has 158 valence electrons. The van der Waals surface area contributed by atoms with E-state index < -0.39 is 6.10 Å². The maximum absolute atomic E-state index is 13.1. The highest BCUT2D eigenvalue weighted by Gasteiger charge is 2.36. The number of amides is 1. The Morgan fingerprint density at radius 3 is 2.37 bits per heavy atom. The molecule has 0 saturated carbocycles. The van der Waals surface area contributed by atoms with Crippen LogP contribution in [-0.4, -0.2) is 69.9 Å². The molecule has 2 saturated heterocycles.